The van der Waals surface area contributed by atoms with Gasteiger partial charge in [-0.2, -0.15) is 0 Å². The Bertz CT molecular complexity index is 1310. The van der Waals surface area contributed by atoms with E-state index in [0.717, 1.165) is 28.4 Å². The summed E-state index contributed by atoms with van der Waals surface area (Å²) in [5.41, 5.74) is 3.54. The molecule has 0 saturated carbocycles. The third-order valence-electron chi connectivity index (χ3n) is 5.64. The number of benzene rings is 4. The second kappa shape index (κ2) is 12.7. The van der Waals surface area contributed by atoms with E-state index < -0.39 is 0 Å². The number of nitrogens with one attached hydrogen (secondary N) is 2. The van der Waals surface area contributed by atoms with Gasteiger partial charge in [-0.15, -0.1) is 0 Å². The molecule has 0 unspecified atom stereocenters. The molecule has 4 rings (SSSR count). The van der Waals surface area contributed by atoms with E-state index in [1.165, 1.54) is 0 Å². The van der Waals surface area contributed by atoms with Crippen LogP contribution in [0.4, 0.5) is 5.69 Å². The minimum Gasteiger partial charge on any atom is -0.492 e. The van der Waals surface area contributed by atoms with Crippen LogP contribution in [0.25, 0.3) is 0 Å². The van der Waals surface area contributed by atoms with E-state index in [0.29, 0.717) is 35.7 Å². The summed E-state index contributed by atoms with van der Waals surface area (Å²) in [6.45, 7) is 0.933. The lowest BCUT2D eigenvalue weighted by atomic mass is 10.1. The van der Waals surface area contributed by atoms with Crippen molar-refractivity contribution in [3.63, 3.8) is 0 Å². The Kier molecular flexibility index (Phi) is 8.89. The fourth-order valence-electron chi connectivity index (χ4n) is 3.77. The van der Waals surface area contributed by atoms with Gasteiger partial charge in [0.1, 0.15) is 5.75 Å². The molecule has 0 atom stereocenters. The molecule has 2 N–H and O–H groups in total. The summed E-state index contributed by atoms with van der Waals surface area (Å²) in [4.78, 5) is 26.1. The first kappa shape index (κ1) is 25.2. The van der Waals surface area contributed by atoms with Gasteiger partial charge in [-0.25, -0.2) is 0 Å². The summed E-state index contributed by atoms with van der Waals surface area (Å²) >= 11 is 3.44. The van der Waals surface area contributed by atoms with Gasteiger partial charge >= 0.3 is 0 Å². The largest absolute Gasteiger partial charge is 0.492 e. The number of carbonyl (C=O) groups excluding carboxylic acids is 2. The SMILES string of the molecule is O=C(NCCc1ccccc1)c1ccccc1NC(=O)c1cc(Br)ccc1OCCc1ccccc1. The Morgan fingerprint density at radius 2 is 1.33 bits per heavy atom. The van der Waals surface area contributed by atoms with Crippen LogP contribution < -0.4 is 15.4 Å². The molecule has 0 fully saturated rings. The number of halogens is 1. The monoisotopic (exact) mass is 542 g/mol. The normalized spacial score (nSPS) is 10.5. The fraction of sp³-hybridized carbons (Fsp3) is 0.133. The van der Waals surface area contributed by atoms with Gasteiger partial charge in [0.2, 0.25) is 0 Å². The lowest BCUT2D eigenvalue weighted by molar-refractivity contribution is 0.0955. The van der Waals surface area contributed by atoms with Gasteiger partial charge in [0.05, 0.1) is 23.4 Å². The average Bonchev–Trinajstić information content (AvgIpc) is 2.91. The van der Waals surface area contributed by atoms with Gasteiger partial charge in [0.25, 0.3) is 11.8 Å². The van der Waals surface area contributed by atoms with Crippen LogP contribution in [0.3, 0.4) is 0 Å². The summed E-state index contributed by atoms with van der Waals surface area (Å²) in [5.74, 6) is -0.109. The standard InChI is InChI=1S/C30H27BrN2O3/c31-24-15-16-28(36-20-18-23-11-5-2-6-12-23)26(21-24)30(35)33-27-14-8-7-13-25(27)29(34)32-19-17-22-9-3-1-4-10-22/h1-16,21H,17-20H2,(H,32,34)(H,33,35). The van der Waals surface area contributed by atoms with Gasteiger partial charge in [0, 0.05) is 17.4 Å². The summed E-state index contributed by atoms with van der Waals surface area (Å²) in [5, 5.41) is 5.83. The topological polar surface area (TPSA) is 67.4 Å². The van der Waals surface area contributed by atoms with Crippen LogP contribution in [0, 0.1) is 0 Å². The molecule has 5 nitrogen and oxygen atoms in total. The molecule has 2 amide bonds. The van der Waals surface area contributed by atoms with Crippen molar-refractivity contribution in [2.24, 2.45) is 0 Å². The van der Waals surface area contributed by atoms with E-state index in [1.807, 2.05) is 66.7 Å². The predicted octanol–water partition coefficient (Wildman–Crippen LogP) is 6.30. The maximum Gasteiger partial charge on any atom is 0.259 e. The lowest BCUT2D eigenvalue weighted by Crippen LogP contribution is -2.27. The molecule has 0 aromatic heterocycles. The maximum absolute atomic E-state index is 13.3. The van der Waals surface area contributed by atoms with Crippen LogP contribution in [0.5, 0.6) is 5.75 Å². The average molecular weight is 543 g/mol. The number of carbonyl (C=O) groups is 2. The zero-order valence-electron chi connectivity index (χ0n) is 19.7. The van der Waals surface area contributed by atoms with Crippen LogP contribution in [0.15, 0.2) is 108 Å². The van der Waals surface area contributed by atoms with Crippen molar-refractivity contribution in [2.45, 2.75) is 12.8 Å². The second-order valence-corrected chi connectivity index (χ2v) is 9.13. The summed E-state index contributed by atoms with van der Waals surface area (Å²) < 4.78 is 6.73. The minimum absolute atomic E-state index is 0.240. The van der Waals surface area contributed by atoms with Crippen molar-refractivity contribution in [2.75, 3.05) is 18.5 Å². The molecule has 0 aliphatic heterocycles. The quantitative estimate of drug-likeness (QED) is 0.247. The van der Waals surface area contributed by atoms with Crippen molar-refractivity contribution < 1.29 is 14.3 Å². The second-order valence-electron chi connectivity index (χ2n) is 8.22. The van der Waals surface area contributed by atoms with E-state index >= 15 is 0 Å². The molecule has 36 heavy (non-hydrogen) atoms. The summed E-state index contributed by atoms with van der Waals surface area (Å²) in [7, 11) is 0. The summed E-state index contributed by atoms with van der Waals surface area (Å²) in [6, 6.07) is 32.3. The number of hydrogen-bond donors (Lipinski definition) is 2. The molecule has 0 radical (unpaired) electrons. The van der Waals surface area contributed by atoms with Crippen LogP contribution in [-0.4, -0.2) is 25.0 Å². The van der Waals surface area contributed by atoms with Gasteiger partial charge in [-0.05, 0) is 47.9 Å². The van der Waals surface area contributed by atoms with Crippen molar-refractivity contribution in [3.8, 4) is 5.75 Å². The highest BCUT2D eigenvalue weighted by Gasteiger charge is 2.17. The molecule has 4 aromatic carbocycles. The number of anilines is 1. The number of rotatable bonds is 10. The van der Waals surface area contributed by atoms with Crippen molar-refractivity contribution in [1.29, 1.82) is 0 Å². The molecule has 0 heterocycles. The Morgan fingerprint density at radius 1 is 0.694 bits per heavy atom. The first-order valence-corrected chi connectivity index (χ1v) is 12.6. The summed E-state index contributed by atoms with van der Waals surface area (Å²) in [6.07, 6.45) is 1.45. The van der Waals surface area contributed by atoms with E-state index in [2.05, 4.69) is 26.6 Å². The molecular formula is C30H27BrN2O3. The first-order chi connectivity index (χ1) is 17.6. The first-order valence-electron chi connectivity index (χ1n) is 11.8. The van der Waals surface area contributed by atoms with Gasteiger partial charge in [0.15, 0.2) is 0 Å². The Morgan fingerprint density at radius 3 is 2.06 bits per heavy atom. The Hall–Kier alpha value is -3.90. The Labute approximate surface area is 219 Å². The lowest BCUT2D eigenvalue weighted by Gasteiger charge is -2.14. The van der Waals surface area contributed by atoms with Crippen molar-refractivity contribution >= 4 is 33.4 Å². The predicted molar refractivity (Wildman–Crippen MR) is 147 cm³/mol. The van der Waals surface area contributed by atoms with E-state index in [4.69, 9.17) is 4.74 Å². The smallest absolute Gasteiger partial charge is 0.259 e. The van der Waals surface area contributed by atoms with Crippen LogP contribution in [-0.2, 0) is 12.8 Å². The van der Waals surface area contributed by atoms with Crippen LogP contribution in [0.2, 0.25) is 0 Å². The van der Waals surface area contributed by atoms with Crippen LogP contribution in [0.1, 0.15) is 31.8 Å². The molecule has 4 aromatic rings. The molecule has 0 spiro atoms. The third kappa shape index (κ3) is 7.06. The zero-order valence-corrected chi connectivity index (χ0v) is 21.3. The highest BCUT2D eigenvalue weighted by molar-refractivity contribution is 9.10. The number of amides is 2. The fourth-order valence-corrected chi connectivity index (χ4v) is 4.13. The third-order valence-corrected chi connectivity index (χ3v) is 6.13. The number of ether oxygens (including phenoxy) is 1. The van der Waals surface area contributed by atoms with E-state index in [9.17, 15) is 9.59 Å². The molecule has 0 saturated heterocycles. The number of para-hydroxylation sites is 1. The van der Waals surface area contributed by atoms with E-state index in [1.54, 1.807) is 36.4 Å². The van der Waals surface area contributed by atoms with Crippen molar-refractivity contribution in [1.82, 2.24) is 5.32 Å². The molecule has 6 heteroatoms. The highest BCUT2D eigenvalue weighted by atomic mass is 79.9. The maximum atomic E-state index is 13.3. The van der Waals surface area contributed by atoms with E-state index in [-0.39, 0.29) is 11.8 Å². The molecule has 0 aliphatic carbocycles. The Balaban J connectivity index is 1.42. The molecule has 182 valence electrons. The van der Waals surface area contributed by atoms with Crippen LogP contribution >= 0.6 is 15.9 Å². The minimum atomic E-state index is -0.351. The zero-order chi connectivity index (χ0) is 25.2. The van der Waals surface area contributed by atoms with Gasteiger partial charge in [-0.3, -0.25) is 9.59 Å². The van der Waals surface area contributed by atoms with Gasteiger partial charge < -0.3 is 15.4 Å². The molecule has 0 bridgehead atoms. The highest BCUT2D eigenvalue weighted by Crippen LogP contribution is 2.25. The molecule has 0 aliphatic rings. The van der Waals surface area contributed by atoms with Crippen molar-refractivity contribution in [3.05, 3.63) is 130 Å². The number of hydrogen-bond acceptors (Lipinski definition) is 3. The molecular weight excluding hydrogens is 516 g/mol. The van der Waals surface area contributed by atoms with Gasteiger partial charge in [-0.1, -0.05) is 88.7 Å².